The molecule has 0 saturated carbocycles. The van der Waals surface area contributed by atoms with Crippen LogP contribution in [0.1, 0.15) is 11.1 Å². The van der Waals surface area contributed by atoms with Crippen molar-refractivity contribution in [3.05, 3.63) is 81.9 Å². The van der Waals surface area contributed by atoms with Crippen LogP contribution in [0, 0.1) is 10.1 Å². The van der Waals surface area contributed by atoms with Gasteiger partial charge in [-0.25, -0.2) is 0 Å². The summed E-state index contributed by atoms with van der Waals surface area (Å²) in [6.07, 6.45) is 3.58. The summed E-state index contributed by atoms with van der Waals surface area (Å²) in [6, 6.07) is 15.7. The standard InChI is InChI=1S/C16H14N4O2S/c17-16(23)19-18-15(13-4-2-1-3-5-13)11-8-12-6-9-14(10-7-12)20(21)22/h1-11H,(H3,17,19,23)/b11-8+,18-15-. The number of hydrazone groups is 1. The average Bonchev–Trinajstić information content (AvgIpc) is 2.56. The van der Waals surface area contributed by atoms with E-state index in [1.807, 2.05) is 30.3 Å². The summed E-state index contributed by atoms with van der Waals surface area (Å²) < 4.78 is 0. The Morgan fingerprint density at radius 2 is 1.83 bits per heavy atom. The van der Waals surface area contributed by atoms with Gasteiger partial charge in [0.2, 0.25) is 0 Å². The molecule has 23 heavy (non-hydrogen) atoms. The molecule has 0 heterocycles. The number of non-ortho nitro benzene ring substituents is 1. The number of rotatable bonds is 5. The number of nitrogens with zero attached hydrogens (tertiary/aromatic N) is 2. The number of nitrogens with one attached hydrogen (secondary N) is 1. The molecule has 0 radical (unpaired) electrons. The Morgan fingerprint density at radius 3 is 2.39 bits per heavy atom. The first-order valence-corrected chi connectivity index (χ1v) is 7.08. The predicted molar refractivity (Wildman–Crippen MR) is 95.0 cm³/mol. The second-order valence-electron chi connectivity index (χ2n) is 4.52. The molecule has 6 nitrogen and oxygen atoms in total. The van der Waals surface area contributed by atoms with Gasteiger partial charge in [-0.15, -0.1) is 0 Å². The van der Waals surface area contributed by atoms with Gasteiger partial charge < -0.3 is 5.73 Å². The number of hydrogen-bond acceptors (Lipinski definition) is 4. The van der Waals surface area contributed by atoms with E-state index >= 15 is 0 Å². The van der Waals surface area contributed by atoms with Crippen LogP contribution in [-0.4, -0.2) is 15.7 Å². The molecule has 0 fully saturated rings. The smallest absolute Gasteiger partial charge is 0.269 e. The monoisotopic (exact) mass is 326 g/mol. The van der Waals surface area contributed by atoms with Crippen LogP contribution in [0.2, 0.25) is 0 Å². The van der Waals surface area contributed by atoms with E-state index in [9.17, 15) is 10.1 Å². The van der Waals surface area contributed by atoms with Crippen molar-refractivity contribution < 1.29 is 4.92 Å². The van der Waals surface area contributed by atoms with E-state index in [2.05, 4.69) is 10.5 Å². The minimum absolute atomic E-state index is 0.0502. The van der Waals surface area contributed by atoms with Crippen LogP contribution in [-0.2, 0) is 0 Å². The Kier molecular flexibility index (Phi) is 5.54. The number of thiocarbonyl (C=S) groups is 1. The summed E-state index contributed by atoms with van der Waals surface area (Å²) in [4.78, 5) is 10.2. The first kappa shape index (κ1) is 16.3. The van der Waals surface area contributed by atoms with E-state index in [4.69, 9.17) is 18.0 Å². The highest BCUT2D eigenvalue weighted by Crippen LogP contribution is 2.13. The molecule has 2 aromatic rings. The first-order chi connectivity index (χ1) is 11.1. The lowest BCUT2D eigenvalue weighted by Gasteiger charge is -2.03. The van der Waals surface area contributed by atoms with Crippen molar-refractivity contribution in [2.75, 3.05) is 0 Å². The van der Waals surface area contributed by atoms with Crippen LogP contribution in [0.4, 0.5) is 5.69 Å². The van der Waals surface area contributed by atoms with Crippen molar-refractivity contribution in [3.63, 3.8) is 0 Å². The van der Waals surface area contributed by atoms with Crippen molar-refractivity contribution in [1.82, 2.24) is 5.43 Å². The zero-order chi connectivity index (χ0) is 16.7. The zero-order valence-electron chi connectivity index (χ0n) is 12.0. The number of nitro benzene ring substituents is 1. The molecule has 0 saturated heterocycles. The molecule has 3 N–H and O–H groups in total. The molecule has 0 unspecified atom stereocenters. The fourth-order valence-corrected chi connectivity index (χ4v) is 1.85. The number of allylic oxidation sites excluding steroid dienone is 1. The summed E-state index contributed by atoms with van der Waals surface area (Å²) in [5, 5.41) is 14.9. The van der Waals surface area contributed by atoms with E-state index in [-0.39, 0.29) is 10.8 Å². The molecule has 0 aliphatic carbocycles. The Bertz CT molecular complexity index is 755. The number of hydrogen-bond donors (Lipinski definition) is 2. The van der Waals surface area contributed by atoms with Crippen molar-refractivity contribution in [3.8, 4) is 0 Å². The zero-order valence-corrected chi connectivity index (χ0v) is 12.9. The van der Waals surface area contributed by atoms with Gasteiger partial charge in [-0.1, -0.05) is 36.4 Å². The summed E-state index contributed by atoms with van der Waals surface area (Å²) in [5.74, 6) is 0. The molecule has 2 rings (SSSR count). The van der Waals surface area contributed by atoms with Gasteiger partial charge in [0.05, 0.1) is 10.6 Å². The predicted octanol–water partition coefficient (Wildman–Crippen LogP) is 2.85. The van der Waals surface area contributed by atoms with Gasteiger partial charge in [0.15, 0.2) is 5.11 Å². The molecule has 0 aliphatic rings. The van der Waals surface area contributed by atoms with Crippen LogP contribution in [0.5, 0.6) is 0 Å². The molecule has 2 aromatic carbocycles. The molecular formula is C16H14N4O2S. The molecule has 0 aliphatic heterocycles. The fraction of sp³-hybridized carbons (Fsp3) is 0. The molecule has 0 spiro atoms. The maximum atomic E-state index is 10.6. The highest BCUT2D eigenvalue weighted by atomic mass is 32.1. The van der Waals surface area contributed by atoms with Gasteiger partial charge in [-0.2, -0.15) is 5.10 Å². The summed E-state index contributed by atoms with van der Waals surface area (Å²) in [7, 11) is 0. The van der Waals surface area contributed by atoms with Crippen molar-refractivity contribution in [2.45, 2.75) is 0 Å². The SMILES string of the molecule is NC(=S)N/N=C(/C=C/c1ccc([N+](=O)[O-])cc1)c1ccccc1. The van der Waals surface area contributed by atoms with Gasteiger partial charge in [-0.3, -0.25) is 15.5 Å². The minimum Gasteiger partial charge on any atom is -0.375 e. The van der Waals surface area contributed by atoms with E-state index in [0.29, 0.717) is 5.71 Å². The van der Waals surface area contributed by atoms with E-state index in [1.165, 1.54) is 12.1 Å². The van der Waals surface area contributed by atoms with Crippen LogP contribution in [0.25, 0.3) is 6.08 Å². The largest absolute Gasteiger partial charge is 0.375 e. The second-order valence-corrected chi connectivity index (χ2v) is 4.96. The Labute approximate surface area is 138 Å². The maximum absolute atomic E-state index is 10.6. The third-order valence-corrected chi connectivity index (χ3v) is 2.98. The third kappa shape index (κ3) is 5.01. The molecule has 7 heteroatoms. The molecule has 116 valence electrons. The van der Waals surface area contributed by atoms with Crippen molar-refractivity contribution >= 4 is 34.8 Å². The van der Waals surface area contributed by atoms with E-state index < -0.39 is 4.92 Å². The Balaban J connectivity index is 2.24. The van der Waals surface area contributed by atoms with E-state index in [0.717, 1.165) is 11.1 Å². The van der Waals surface area contributed by atoms with Gasteiger partial charge >= 0.3 is 0 Å². The molecule has 0 bridgehead atoms. The number of nitro groups is 1. The first-order valence-electron chi connectivity index (χ1n) is 6.67. The lowest BCUT2D eigenvalue weighted by molar-refractivity contribution is -0.384. The van der Waals surface area contributed by atoms with Crippen LogP contribution in [0.15, 0.2) is 65.8 Å². The van der Waals surface area contributed by atoms with Gasteiger partial charge in [0.1, 0.15) is 0 Å². The highest BCUT2D eigenvalue weighted by molar-refractivity contribution is 7.80. The minimum atomic E-state index is -0.434. The van der Waals surface area contributed by atoms with Crippen LogP contribution < -0.4 is 11.2 Å². The van der Waals surface area contributed by atoms with Crippen LogP contribution >= 0.6 is 12.2 Å². The maximum Gasteiger partial charge on any atom is 0.269 e. The van der Waals surface area contributed by atoms with Crippen LogP contribution in [0.3, 0.4) is 0 Å². The highest BCUT2D eigenvalue weighted by Gasteiger charge is 2.03. The number of benzene rings is 2. The lowest BCUT2D eigenvalue weighted by Crippen LogP contribution is -2.25. The normalized spacial score (nSPS) is 11.4. The molecule has 0 amide bonds. The Hall–Kier alpha value is -3.06. The molecular weight excluding hydrogens is 312 g/mol. The summed E-state index contributed by atoms with van der Waals surface area (Å²) >= 11 is 4.75. The third-order valence-electron chi connectivity index (χ3n) is 2.89. The quantitative estimate of drug-likeness (QED) is 0.381. The average molecular weight is 326 g/mol. The number of nitrogens with two attached hydrogens (primary N) is 1. The topological polar surface area (TPSA) is 93.5 Å². The van der Waals surface area contributed by atoms with Crippen molar-refractivity contribution in [2.24, 2.45) is 10.8 Å². The van der Waals surface area contributed by atoms with Gasteiger partial charge in [-0.05, 0) is 36.0 Å². The van der Waals surface area contributed by atoms with Gasteiger partial charge in [0.25, 0.3) is 5.69 Å². The summed E-state index contributed by atoms with van der Waals surface area (Å²) in [6.45, 7) is 0. The Morgan fingerprint density at radius 1 is 1.17 bits per heavy atom. The lowest BCUT2D eigenvalue weighted by atomic mass is 10.1. The molecule has 0 atom stereocenters. The molecule has 0 aromatic heterocycles. The van der Waals surface area contributed by atoms with Crippen molar-refractivity contribution in [1.29, 1.82) is 0 Å². The fourth-order valence-electron chi connectivity index (χ4n) is 1.80. The van der Waals surface area contributed by atoms with Gasteiger partial charge in [0, 0.05) is 17.7 Å². The second kappa shape index (κ2) is 7.81. The van der Waals surface area contributed by atoms with E-state index in [1.54, 1.807) is 24.3 Å². The summed E-state index contributed by atoms with van der Waals surface area (Å²) in [5.41, 5.74) is 10.3.